The van der Waals surface area contributed by atoms with Gasteiger partial charge in [-0.05, 0) is 31.5 Å². The van der Waals surface area contributed by atoms with Crippen molar-refractivity contribution < 1.29 is 14.3 Å². The zero-order chi connectivity index (χ0) is 15.1. The molecule has 110 valence electrons. The molecule has 5 heteroatoms. The van der Waals surface area contributed by atoms with Gasteiger partial charge in [-0.25, -0.2) is 0 Å². The summed E-state index contributed by atoms with van der Waals surface area (Å²) in [6.07, 6.45) is 1.72. The highest BCUT2D eigenvalue weighted by Crippen LogP contribution is 2.27. The van der Waals surface area contributed by atoms with Crippen LogP contribution in [0.3, 0.4) is 0 Å². The highest BCUT2D eigenvalue weighted by molar-refractivity contribution is 9.10. The summed E-state index contributed by atoms with van der Waals surface area (Å²) in [5, 5.41) is 2.69. The molecule has 1 aromatic carbocycles. The molecule has 0 saturated heterocycles. The van der Waals surface area contributed by atoms with Crippen LogP contribution in [0.1, 0.15) is 44.0 Å². The van der Waals surface area contributed by atoms with Gasteiger partial charge in [0.2, 0.25) is 5.91 Å². The predicted octanol–water partition coefficient (Wildman–Crippen LogP) is 3.79. The van der Waals surface area contributed by atoms with Crippen molar-refractivity contribution in [3.05, 3.63) is 23.8 Å². The number of rotatable bonds is 7. The molecular formula is C15H20BrNO3. The number of carbonyl (C=O) groups excluding carboxylic acids is 2. The Morgan fingerprint density at radius 2 is 2.05 bits per heavy atom. The van der Waals surface area contributed by atoms with Crippen molar-refractivity contribution in [2.24, 2.45) is 0 Å². The maximum Gasteiger partial charge on any atom is 0.221 e. The summed E-state index contributed by atoms with van der Waals surface area (Å²) in [5.74, 6) is 0.376. The van der Waals surface area contributed by atoms with Crippen molar-refractivity contribution in [1.82, 2.24) is 0 Å². The summed E-state index contributed by atoms with van der Waals surface area (Å²) in [7, 11) is 0. The molecule has 1 unspecified atom stereocenters. The number of hydrogen-bond donors (Lipinski definition) is 1. The molecule has 0 spiro atoms. The fraction of sp³-hybridized carbons (Fsp3) is 0.467. The van der Waals surface area contributed by atoms with Crippen LogP contribution < -0.4 is 10.1 Å². The normalized spacial score (nSPS) is 11.8. The summed E-state index contributed by atoms with van der Waals surface area (Å²) < 4.78 is 5.49. The number of carbonyl (C=O) groups is 2. The minimum atomic E-state index is -0.186. The van der Waals surface area contributed by atoms with E-state index in [0.717, 1.165) is 12.8 Å². The maximum atomic E-state index is 12.2. The second-order valence-electron chi connectivity index (χ2n) is 4.45. The van der Waals surface area contributed by atoms with E-state index in [-0.39, 0.29) is 16.5 Å². The molecule has 1 rings (SSSR count). The molecule has 1 N–H and O–H groups in total. The molecule has 1 aromatic rings. The van der Waals surface area contributed by atoms with Crippen LogP contribution in [0.4, 0.5) is 5.69 Å². The summed E-state index contributed by atoms with van der Waals surface area (Å²) in [4.78, 5) is 23.2. The van der Waals surface area contributed by atoms with Crippen LogP contribution in [0.15, 0.2) is 18.2 Å². The summed E-state index contributed by atoms with van der Waals surface area (Å²) in [5.41, 5.74) is 1.16. The topological polar surface area (TPSA) is 55.4 Å². The second-order valence-corrected chi connectivity index (χ2v) is 5.55. The number of anilines is 1. The van der Waals surface area contributed by atoms with Crippen molar-refractivity contribution in [2.75, 3.05) is 11.9 Å². The van der Waals surface area contributed by atoms with Gasteiger partial charge < -0.3 is 10.1 Å². The van der Waals surface area contributed by atoms with Gasteiger partial charge in [-0.2, -0.15) is 0 Å². The summed E-state index contributed by atoms with van der Waals surface area (Å²) in [6.45, 7) is 5.80. The van der Waals surface area contributed by atoms with Crippen molar-refractivity contribution >= 4 is 33.3 Å². The summed E-state index contributed by atoms with van der Waals surface area (Å²) >= 11 is 3.40. The monoisotopic (exact) mass is 341 g/mol. The number of hydrogen-bond acceptors (Lipinski definition) is 3. The number of benzene rings is 1. The van der Waals surface area contributed by atoms with Crippen LogP contribution in [0.5, 0.6) is 5.75 Å². The Hall–Kier alpha value is -1.36. The highest BCUT2D eigenvalue weighted by atomic mass is 79.9. The Labute approximate surface area is 128 Å². The molecule has 0 heterocycles. The van der Waals surface area contributed by atoms with E-state index in [1.807, 2.05) is 13.8 Å². The third-order valence-corrected chi connectivity index (χ3v) is 3.58. The number of Topliss-reactive ketones (excluding diaryl/α,β-unsaturated/α-hetero) is 1. The lowest BCUT2D eigenvalue weighted by Crippen LogP contribution is -2.15. The average molecular weight is 342 g/mol. The first-order chi connectivity index (χ1) is 9.49. The van der Waals surface area contributed by atoms with Crippen LogP contribution in [0.25, 0.3) is 0 Å². The lowest BCUT2D eigenvalue weighted by atomic mass is 10.0. The van der Waals surface area contributed by atoms with Gasteiger partial charge in [0.1, 0.15) is 5.75 Å². The van der Waals surface area contributed by atoms with E-state index in [1.165, 1.54) is 6.92 Å². The van der Waals surface area contributed by atoms with Gasteiger partial charge >= 0.3 is 0 Å². The first-order valence-electron chi connectivity index (χ1n) is 6.72. The van der Waals surface area contributed by atoms with Crippen molar-refractivity contribution in [1.29, 1.82) is 0 Å². The van der Waals surface area contributed by atoms with E-state index < -0.39 is 0 Å². The molecular weight excluding hydrogens is 322 g/mol. The Bertz CT molecular complexity index is 488. The molecule has 0 aliphatic rings. The Morgan fingerprint density at radius 1 is 1.35 bits per heavy atom. The van der Waals surface area contributed by atoms with Gasteiger partial charge in [0.05, 0.1) is 17.1 Å². The van der Waals surface area contributed by atoms with Crippen molar-refractivity contribution in [2.45, 2.75) is 38.4 Å². The molecule has 0 aliphatic carbocycles. The van der Waals surface area contributed by atoms with Gasteiger partial charge in [-0.1, -0.05) is 29.3 Å². The van der Waals surface area contributed by atoms with Crippen LogP contribution in [-0.4, -0.2) is 23.1 Å². The molecule has 4 nitrogen and oxygen atoms in total. The minimum absolute atomic E-state index is 0.0298. The van der Waals surface area contributed by atoms with Crippen LogP contribution in [-0.2, 0) is 4.79 Å². The standard InChI is InChI=1S/C15H20BrNO3/c1-4-6-12(16)15(19)11-7-8-13(17-10(3)18)14(9-11)20-5-2/h7-9,12H,4-6H2,1-3H3,(H,17,18). The van der Waals surface area contributed by atoms with Gasteiger partial charge in [0, 0.05) is 12.5 Å². The Morgan fingerprint density at radius 3 is 2.60 bits per heavy atom. The minimum Gasteiger partial charge on any atom is -0.492 e. The van der Waals surface area contributed by atoms with Crippen LogP contribution >= 0.6 is 15.9 Å². The van der Waals surface area contributed by atoms with E-state index in [1.54, 1.807) is 18.2 Å². The predicted molar refractivity (Wildman–Crippen MR) is 83.9 cm³/mol. The fourth-order valence-electron chi connectivity index (χ4n) is 1.81. The van der Waals surface area contributed by atoms with E-state index >= 15 is 0 Å². The quantitative estimate of drug-likeness (QED) is 0.606. The number of amides is 1. The van der Waals surface area contributed by atoms with Gasteiger partial charge in [0.15, 0.2) is 5.78 Å². The Balaban J connectivity index is 3.02. The highest BCUT2D eigenvalue weighted by Gasteiger charge is 2.18. The first kappa shape index (κ1) is 16.7. The number of halogens is 1. The number of ether oxygens (including phenoxy) is 1. The lowest BCUT2D eigenvalue weighted by molar-refractivity contribution is -0.114. The SMILES string of the molecule is CCCC(Br)C(=O)c1ccc(NC(C)=O)c(OCC)c1. The zero-order valence-corrected chi connectivity index (χ0v) is 13.6. The van der Waals surface area contributed by atoms with Crippen LogP contribution in [0, 0.1) is 0 Å². The molecule has 20 heavy (non-hydrogen) atoms. The maximum absolute atomic E-state index is 12.2. The molecule has 0 aromatic heterocycles. The second kappa shape index (κ2) is 8.04. The van der Waals surface area contributed by atoms with E-state index in [2.05, 4.69) is 21.2 Å². The number of nitrogens with one attached hydrogen (secondary N) is 1. The van der Waals surface area contributed by atoms with Gasteiger partial charge in [-0.15, -0.1) is 0 Å². The molecule has 0 aliphatic heterocycles. The molecule has 1 atom stereocenters. The number of alkyl halides is 1. The smallest absolute Gasteiger partial charge is 0.221 e. The van der Waals surface area contributed by atoms with E-state index in [0.29, 0.717) is 23.6 Å². The largest absolute Gasteiger partial charge is 0.492 e. The molecule has 0 bridgehead atoms. The lowest BCUT2D eigenvalue weighted by Gasteiger charge is -2.13. The molecule has 0 radical (unpaired) electrons. The number of ketones is 1. The average Bonchev–Trinajstić information content (AvgIpc) is 2.40. The van der Waals surface area contributed by atoms with Crippen molar-refractivity contribution in [3.63, 3.8) is 0 Å². The Kier molecular flexibility index (Phi) is 6.71. The third-order valence-electron chi connectivity index (χ3n) is 2.70. The molecule has 0 fully saturated rings. The zero-order valence-electron chi connectivity index (χ0n) is 12.0. The van der Waals surface area contributed by atoms with Crippen LogP contribution in [0.2, 0.25) is 0 Å². The first-order valence-corrected chi connectivity index (χ1v) is 7.63. The third kappa shape index (κ3) is 4.63. The van der Waals surface area contributed by atoms with Gasteiger partial charge in [0.25, 0.3) is 0 Å². The summed E-state index contributed by atoms with van der Waals surface area (Å²) in [6, 6.07) is 5.09. The van der Waals surface area contributed by atoms with E-state index in [4.69, 9.17) is 4.74 Å². The molecule has 1 amide bonds. The van der Waals surface area contributed by atoms with Crippen molar-refractivity contribution in [3.8, 4) is 5.75 Å². The molecule has 0 saturated carbocycles. The van der Waals surface area contributed by atoms with Gasteiger partial charge in [-0.3, -0.25) is 9.59 Å². The van der Waals surface area contributed by atoms with E-state index in [9.17, 15) is 9.59 Å². The fourth-order valence-corrected chi connectivity index (χ4v) is 2.53.